The number of halogens is 3. The van der Waals surface area contributed by atoms with Gasteiger partial charge < -0.3 is 19.9 Å². The van der Waals surface area contributed by atoms with Crippen molar-refractivity contribution >= 4 is 50.8 Å². The fraction of sp³-hybridized carbons (Fsp3) is 0.174. The largest absolute Gasteiger partial charge is 0.490 e. The summed E-state index contributed by atoms with van der Waals surface area (Å²) in [6.45, 7) is 3.18. The van der Waals surface area contributed by atoms with Crippen molar-refractivity contribution in [3.8, 4) is 11.5 Å². The van der Waals surface area contributed by atoms with Crippen LogP contribution < -0.4 is 14.8 Å². The summed E-state index contributed by atoms with van der Waals surface area (Å²) >= 11 is 15.5. The summed E-state index contributed by atoms with van der Waals surface area (Å²) in [5.74, 6) is 0.138. The van der Waals surface area contributed by atoms with E-state index in [1.54, 1.807) is 12.1 Å². The number of hydrogen-bond acceptors (Lipinski definition) is 4. The Bertz CT molecular complexity index is 1090. The van der Waals surface area contributed by atoms with Crippen molar-refractivity contribution in [2.75, 3.05) is 11.9 Å². The molecule has 0 saturated carbocycles. The lowest BCUT2D eigenvalue weighted by Crippen LogP contribution is -2.05. The van der Waals surface area contributed by atoms with Gasteiger partial charge in [0.2, 0.25) is 0 Å². The van der Waals surface area contributed by atoms with E-state index >= 15 is 0 Å². The number of anilines is 1. The Kier molecular flexibility index (Phi) is 8.07. The Morgan fingerprint density at radius 1 is 1.06 bits per heavy atom. The van der Waals surface area contributed by atoms with Gasteiger partial charge in [-0.2, -0.15) is 0 Å². The van der Waals surface area contributed by atoms with E-state index in [4.69, 9.17) is 32.7 Å². The molecule has 3 rings (SSSR count). The molecule has 0 heterocycles. The van der Waals surface area contributed by atoms with Crippen molar-refractivity contribution in [2.24, 2.45) is 0 Å². The number of carboxylic acids is 1. The summed E-state index contributed by atoms with van der Waals surface area (Å²) in [7, 11) is 0. The first-order chi connectivity index (χ1) is 14.9. The van der Waals surface area contributed by atoms with Crippen molar-refractivity contribution in [1.82, 2.24) is 0 Å². The van der Waals surface area contributed by atoms with Gasteiger partial charge in [0.15, 0.2) is 11.5 Å². The average molecular weight is 525 g/mol. The highest BCUT2D eigenvalue weighted by Gasteiger charge is 2.14. The predicted molar refractivity (Wildman–Crippen MR) is 127 cm³/mol. The van der Waals surface area contributed by atoms with Gasteiger partial charge in [-0.3, -0.25) is 0 Å². The molecule has 0 amide bonds. The highest BCUT2D eigenvalue weighted by atomic mass is 79.9. The first-order valence-electron chi connectivity index (χ1n) is 9.46. The molecule has 162 valence electrons. The van der Waals surface area contributed by atoms with Crippen LogP contribution in [-0.4, -0.2) is 17.7 Å². The predicted octanol–water partition coefficient (Wildman–Crippen LogP) is 7.04. The molecule has 0 unspecified atom stereocenters. The summed E-state index contributed by atoms with van der Waals surface area (Å²) in [6.07, 6.45) is 0. The van der Waals surface area contributed by atoms with Gasteiger partial charge in [0.1, 0.15) is 6.61 Å². The van der Waals surface area contributed by atoms with Crippen molar-refractivity contribution < 1.29 is 19.4 Å². The number of carbonyl (C=O) groups is 1. The number of aromatic carboxylic acids is 1. The van der Waals surface area contributed by atoms with Crippen LogP contribution in [0, 0.1) is 0 Å². The molecule has 3 aromatic carbocycles. The fourth-order valence-electron chi connectivity index (χ4n) is 2.91. The maximum atomic E-state index is 11.3. The Morgan fingerprint density at radius 2 is 1.87 bits per heavy atom. The molecule has 3 aromatic rings. The molecule has 8 heteroatoms. The van der Waals surface area contributed by atoms with Gasteiger partial charge >= 0.3 is 5.97 Å². The molecule has 0 radical (unpaired) electrons. The van der Waals surface area contributed by atoms with Crippen LogP contribution >= 0.6 is 39.1 Å². The van der Waals surface area contributed by atoms with Crippen molar-refractivity contribution in [3.05, 3.63) is 85.8 Å². The zero-order valence-electron chi connectivity index (χ0n) is 16.6. The van der Waals surface area contributed by atoms with Crippen LogP contribution in [0.25, 0.3) is 0 Å². The molecule has 0 fully saturated rings. The second-order valence-electron chi connectivity index (χ2n) is 6.61. The van der Waals surface area contributed by atoms with Crippen LogP contribution in [0.5, 0.6) is 11.5 Å². The summed E-state index contributed by atoms with van der Waals surface area (Å²) in [5.41, 5.74) is 2.58. The van der Waals surface area contributed by atoms with Crippen LogP contribution in [0.2, 0.25) is 10.0 Å². The molecule has 0 saturated heterocycles. The van der Waals surface area contributed by atoms with E-state index in [9.17, 15) is 9.90 Å². The number of rotatable bonds is 9. The highest BCUT2D eigenvalue weighted by molar-refractivity contribution is 9.10. The second-order valence-corrected chi connectivity index (χ2v) is 8.31. The van der Waals surface area contributed by atoms with Gasteiger partial charge in [0, 0.05) is 17.3 Å². The van der Waals surface area contributed by atoms with Gasteiger partial charge in [-0.05, 0) is 76.4 Å². The van der Waals surface area contributed by atoms with Crippen LogP contribution in [0.15, 0.2) is 59.1 Å². The minimum Gasteiger partial charge on any atom is -0.490 e. The molecule has 0 aromatic heterocycles. The summed E-state index contributed by atoms with van der Waals surface area (Å²) in [6, 6.07) is 16.1. The standard InChI is InChI=1S/C23H20BrCl2NO4/c1-2-30-21-10-15(12-27-17-6-7-20(26)18(11-17)23(28)29)9-19(24)22(21)31-13-14-4-3-5-16(25)8-14/h3-11,27H,2,12-13H2,1H3,(H,28,29). The molecule has 0 aliphatic carbocycles. The van der Waals surface area contributed by atoms with Crippen molar-refractivity contribution in [2.45, 2.75) is 20.1 Å². The molecular formula is C23H20BrCl2NO4. The molecule has 0 aliphatic rings. The first-order valence-corrected chi connectivity index (χ1v) is 11.0. The highest BCUT2D eigenvalue weighted by Crippen LogP contribution is 2.38. The van der Waals surface area contributed by atoms with Crippen LogP contribution in [-0.2, 0) is 13.2 Å². The van der Waals surface area contributed by atoms with Gasteiger partial charge in [-0.15, -0.1) is 0 Å². The Balaban J connectivity index is 1.76. The second kappa shape index (κ2) is 10.8. The molecule has 31 heavy (non-hydrogen) atoms. The zero-order chi connectivity index (χ0) is 22.4. The minimum atomic E-state index is -1.07. The van der Waals surface area contributed by atoms with E-state index in [1.807, 2.05) is 43.3 Å². The van der Waals surface area contributed by atoms with Crippen LogP contribution in [0.4, 0.5) is 5.69 Å². The lowest BCUT2D eigenvalue weighted by atomic mass is 10.1. The third kappa shape index (κ3) is 6.29. The molecule has 0 atom stereocenters. The Morgan fingerprint density at radius 3 is 2.58 bits per heavy atom. The van der Waals surface area contributed by atoms with E-state index in [1.165, 1.54) is 6.07 Å². The third-order valence-corrected chi connectivity index (χ3v) is 5.49. The van der Waals surface area contributed by atoms with Gasteiger partial charge in [0.05, 0.1) is 21.7 Å². The number of nitrogens with one attached hydrogen (secondary N) is 1. The lowest BCUT2D eigenvalue weighted by molar-refractivity contribution is 0.0697. The number of benzene rings is 3. The quantitative estimate of drug-likeness (QED) is 0.314. The Labute approximate surface area is 199 Å². The van der Waals surface area contributed by atoms with E-state index in [0.717, 1.165) is 15.6 Å². The Hall–Kier alpha value is -2.41. The van der Waals surface area contributed by atoms with Crippen molar-refractivity contribution in [3.63, 3.8) is 0 Å². The van der Waals surface area contributed by atoms with Crippen LogP contribution in [0.3, 0.4) is 0 Å². The molecule has 0 aliphatic heterocycles. The molecule has 0 spiro atoms. The van der Waals surface area contributed by atoms with Gasteiger partial charge in [0.25, 0.3) is 0 Å². The van der Waals surface area contributed by atoms with E-state index in [0.29, 0.717) is 42.0 Å². The van der Waals surface area contributed by atoms with E-state index in [-0.39, 0.29) is 10.6 Å². The number of ether oxygens (including phenoxy) is 2. The summed E-state index contributed by atoms with van der Waals surface area (Å²) in [5, 5.41) is 13.3. The average Bonchev–Trinajstić information content (AvgIpc) is 2.72. The van der Waals surface area contributed by atoms with Gasteiger partial charge in [-0.1, -0.05) is 35.3 Å². The molecule has 5 nitrogen and oxygen atoms in total. The first kappa shape index (κ1) is 23.3. The minimum absolute atomic E-state index is 0.0487. The smallest absolute Gasteiger partial charge is 0.337 e. The monoisotopic (exact) mass is 523 g/mol. The van der Waals surface area contributed by atoms with E-state index < -0.39 is 5.97 Å². The van der Waals surface area contributed by atoms with Crippen molar-refractivity contribution in [1.29, 1.82) is 0 Å². The van der Waals surface area contributed by atoms with Crippen LogP contribution in [0.1, 0.15) is 28.4 Å². The number of hydrogen-bond donors (Lipinski definition) is 2. The van der Waals surface area contributed by atoms with Gasteiger partial charge in [-0.25, -0.2) is 4.79 Å². The maximum absolute atomic E-state index is 11.3. The summed E-state index contributed by atoms with van der Waals surface area (Å²) < 4.78 is 12.5. The third-order valence-electron chi connectivity index (χ3n) is 4.33. The fourth-order valence-corrected chi connectivity index (χ4v) is 3.93. The number of carboxylic acid groups (broad SMARTS) is 1. The van der Waals surface area contributed by atoms with E-state index in [2.05, 4.69) is 21.2 Å². The topological polar surface area (TPSA) is 67.8 Å². The normalized spacial score (nSPS) is 10.6. The molecular weight excluding hydrogens is 505 g/mol. The molecule has 0 bridgehead atoms. The lowest BCUT2D eigenvalue weighted by Gasteiger charge is -2.16. The maximum Gasteiger partial charge on any atom is 0.337 e. The molecule has 2 N–H and O–H groups in total. The zero-order valence-corrected chi connectivity index (χ0v) is 19.7. The SMILES string of the molecule is CCOc1cc(CNc2ccc(Cl)c(C(=O)O)c2)cc(Br)c1OCc1cccc(Cl)c1. The summed E-state index contributed by atoms with van der Waals surface area (Å²) in [4.78, 5) is 11.3.